The van der Waals surface area contributed by atoms with Crippen LogP contribution in [0.4, 0.5) is 16.2 Å². The zero-order chi connectivity index (χ0) is 15.1. The lowest BCUT2D eigenvalue weighted by Crippen LogP contribution is -2.37. The third-order valence-electron chi connectivity index (χ3n) is 3.36. The second kappa shape index (κ2) is 5.10. The summed E-state index contributed by atoms with van der Waals surface area (Å²) in [5.74, 6) is 0. The number of nitrogens with one attached hydrogen (secondary N) is 1. The van der Waals surface area contributed by atoms with E-state index in [0.717, 1.165) is 16.8 Å². The maximum atomic E-state index is 12.4. The second-order valence-corrected chi connectivity index (χ2v) is 5.67. The zero-order valence-corrected chi connectivity index (χ0v) is 12.8. The molecule has 3 nitrogen and oxygen atoms in total. The van der Waals surface area contributed by atoms with E-state index < -0.39 is 0 Å². The summed E-state index contributed by atoms with van der Waals surface area (Å²) in [6.45, 7) is 6.01. The number of benzene rings is 2. The van der Waals surface area contributed by atoms with Crippen molar-refractivity contribution in [3.05, 3.63) is 64.1 Å². The van der Waals surface area contributed by atoms with Crippen molar-refractivity contribution >= 4 is 46.3 Å². The Morgan fingerprint density at radius 1 is 1.10 bits per heavy atom. The maximum Gasteiger partial charge on any atom is 0.330 e. The summed E-state index contributed by atoms with van der Waals surface area (Å²) in [5.41, 5.74) is 3.95. The van der Waals surface area contributed by atoms with Gasteiger partial charge in [-0.1, -0.05) is 41.9 Å². The number of hydrogen-bond acceptors (Lipinski definition) is 1. The third-order valence-corrected chi connectivity index (χ3v) is 4.10. The SMILES string of the molecule is C=C1c2ccc(C)cc2NC(=O)N1c1ccc(Cl)c(Cl)c1. The Morgan fingerprint density at radius 3 is 2.57 bits per heavy atom. The number of fused-ring (bicyclic) bond motifs is 1. The zero-order valence-electron chi connectivity index (χ0n) is 11.3. The molecule has 0 unspecified atom stereocenters. The number of urea groups is 1. The van der Waals surface area contributed by atoms with Gasteiger partial charge in [-0.05, 0) is 36.8 Å². The first-order valence-corrected chi connectivity index (χ1v) is 7.09. The van der Waals surface area contributed by atoms with Crippen molar-refractivity contribution in [2.24, 2.45) is 0 Å². The number of rotatable bonds is 1. The number of anilines is 2. The van der Waals surface area contributed by atoms with E-state index >= 15 is 0 Å². The molecule has 2 aromatic rings. The Morgan fingerprint density at radius 2 is 1.86 bits per heavy atom. The van der Waals surface area contributed by atoms with Crippen molar-refractivity contribution in [3.8, 4) is 0 Å². The molecule has 0 aliphatic carbocycles. The van der Waals surface area contributed by atoms with Crippen molar-refractivity contribution in [2.75, 3.05) is 10.2 Å². The van der Waals surface area contributed by atoms with E-state index in [4.69, 9.17) is 23.2 Å². The predicted octanol–water partition coefficient (Wildman–Crippen LogP) is 5.32. The van der Waals surface area contributed by atoms with Gasteiger partial charge in [-0.3, -0.25) is 4.90 Å². The summed E-state index contributed by atoms with van der Waals surface area (Å²) in [7, 11) is 0. The quantitative estimate of drug-likeness (QED) is 0.757. The van der Waals surface area contributed by atoms with Gasteiger partial charge in [0.1, 0.15) is 0 Å². The monoisotopic (exact) mass is 318 g/mol. The molecule has 1 aliphatic heterocycles. The van der Waals surface area contributed by atoms with Crippen LogP contribution in [0.2, 0.25) is 10.0 Å². The van der Waals surface area contributed by atoms with Gasteiger partial charge in [-0.2, -0.15) is 0 Å². The molecular formula is C16H12Cl2N2O. The van der Waals surface area contributed by atoms with Crippen LogP contribution in [0.25, 0.3) is 5.70 Å². The standard InChI is InChI=1S/C16H12Cl2N2O/c1-9-3-5-12-10(2)20(16(21)19-15(12)7-9)11-4-6-13(17)14(18)8-11/h3-8H,2H2,1H3,(H,19,21). The van der Waals surface area contributed by atoms with E-state index in [-0.39, 0.29) is 6.03 Å². The number of nitrogens with zero attached hydrogens (tertiary/aromatic N) is 1. The molecule has 0 fully saturated rings. The van der Waals surface area contributed by atoms with Gasteiger partial charge >= 0.3 is 6.03 Å². The molecule has 1 heterocycles. The van der Waals surface area contributed by atoms with E-state index in [1.165, 1.54) is 4.90 Å². The fourth-order valence-corrected chi connectivity index (χ4v) is 2.62. The lowest BCUT2D eigenvalue weighted by atomic mass is 10.0. The average Bonchev–Trinajstić information content (AvgIpc) is 2.42. The average molecular weight is 319 g/mol. The van der Waals surface area contributed by atoms with Crippen LogP contribution < -0.4 is 10.2 Å². The number of carbonyl (C=O) groups is 1. The van der Waals surface area contributed by atoms with Gasteiger partial charge < -0.3 is 5.32 Å². The fourth-order valence-electron chi connectivity index (χ4n) is 2.32. The third kappa shape index (κ3) is 2.39. The van der Waals surface area contributed by atoms with Crippen LogP contribution in [0.5, 0.6) is 0 Å². The molecule has 0 spiro atoms. The molecule has 0 atom stereocenters. The molecular weight excluding hydrogens is 307 g/mol. The Labute approximate surface area is 132 Å². The minimum atomic E-state index is -0.267. The lowest BCUT2D eigenvalue weighted by Gasteiger charge is -2.31. The van der Waals surface area contributed by atoms with Crippen molar-refractivity contribution in [1.29, 1.82) is 0 Å². The van der Waals surface area contributed by atoms with E-state index in [0.29, 0.717) is 21.4 Å². The Kier molecular flexibility index (Phi) is 3.40. The summed E-state index contributed by atoms with van der Waals surface area (Å²) >= 11 is 11.9. The molecule has 106 valence electrons. The molecule has 0 bridgehead atoms. The number of hydrogen-bond donors (Lipinski definition) is 1. The van der Waals surface area contributed by atoms with Gasteiger partial charge in [0.05, 0.1) is 27.1 Å². The first-order chi connectivity index (χ1) is 9.97. The van der Waals surface area contributed by atoms with Gasteiger partial charge in [0.25, 0.3) is 0 Å². The van der Waals surface area contributed by atoms with Crippen LogP contribution in [0.3, 0.4) is 0 Å². The number of aryl methyl sites for hydroxylation is 1. The van der Waals surface area contributed by atoms with Gasteiger partial charge in [0.2, 0.25) is 0 Å². The van der Waals surface area contributed by atoms with E-state index in [1.54, 1.807) is 18.2 Å². The molecule has 0 radical (unpaired) electrons. The molecule has 2 amide bonds. The molecule has 3 rings (SSSR count). The summed E-state index contributed by atoms with van der Waals surface area (Å²) in [6.07, 6.45) is 0. The summed E-state index contributed by atoms with van der Waals surface area (Å²) in [6, 6.07) is 10.6. The van der Waals surface area contributed by atoms with Crippen LogP contribution in [0, 0.1) is 6.92 Å². The van der Waals surface area contributed by atoms with Gasteiger partial charge in [0.15, 0.2) is 0 Å². The summed E-state index contributed by atoms with van der Waals surface area (Å²) in [5, 5.41) is 3.70. The van der Waals surface area contributed by atoms with Gasteiger partial charge in [-0.25, -0.2) is 4.79 Å². The van der Waals surface area contributed by atoms with Crippen molar-refractivity contribution in [3.63, 3.8) is 0 Å². The minimum absolute atomic E-state index is 0.267. The van der Waals surface area contributed by atoms with Crippen LogP contribution in [-0.2, 0) is 0 Å². The highest BCUT2D eigenvalue weighted by atomic mass is 35.5. The summed E-state index contributed by atoms with van der Waals surface area (Å²) in [4.78, 5) is 13.8. The Hall–Kier alpha value is -1.97. The number of halogens is 2. The van der Waals surface area contributed by atoms with Gasteiger partial charge in [-0.15, -0.1) is 0 Å². The van der Waals surface area contributed by atoms with Crippen LogP contribution in [-0.4, -0.2) is 6.03 Å². The van der Waals surface area contributed by atoms with E-state index in [1.807, 2.05) is 25.1 Å². The molecule has 1 aliphatic rings. The Bertz CT molecular complexity index is 771. The molecule has 0 saturated carbocycles. The topological polar surface area (TPSA) is 32.3 Å². The lowest BCUT2D eigenvalue weighted by molar-refractivity contribution is 0.259. The normalized spacial score (nSPS) is 14.0. The van der Waals surface area contributed by atoms with Crippen molar-refractivity contribution < 1.29 is 4.79 Å². The molecule has 0 aromatic heterocycles. The van der Waals surface area contributed by atoms with Gasteiger partial charge in [0, 0.05) is 5.56 Å². The van der Waals surface area contributed by atoms with Crippen LogP contribution in [0.15, 0.2) is 43.0 Å². The van der Waals surface area contributed by atoms with E-state index in [9.17, 15) is 4.79 Å². The second-order valence-electron chi connectivity index (χ2n) is 4.86. The highest BCUT2D eigenvalue weighted by molar-refractivity contribution is 6.42. The molecule has 1 N–H and O–H groups in total. The molecule has 0 saturated heterocycles. The smallest absolute Gasteiger partial charge is 0.307 e. The van der Waals surface area contributed by atoms with Crippen LogP contribution in [0.1, 0.15) is 11.1 Å². The summed E-state index contributed by atoms with van der Waals surface area (Å²) < 4.78 is 0. The fraction of sp³-hybridized carbons (Fsp3) is 0.0625. The predicted molar refractivity (Wildman–Crippen MR) is 88.2 cm³/mol. The van der Waals surface area contributed by atoms with Crippen LogP contribution >= 0.6 is 23.2 Å². The first-order valence-electron chi connectivity index (χ1n) is 6.33. The van der Waals surface area contributed by atoms with Crippen molar-refractivity contribution in [2.45, 2.75) is 6.92 Å². The molecule has 2 aromatic carbocycles. The first kappa shape index (κ1) is 14.0. The maximum absolute atomic E-state index is 12.4. The van der Waals surface area contributed by atoms with E-state index in [2.05, 4.69) is 11.9 Å². The minimum Gasteiger partial charge on any atom is -0.307 e. The largest absolute Gasteiger partial charge is 0.330 e. The Balaban J connectivity index is 2.08. The highest BCUT2D eigenvalue weighted by Crippen LogP contribution is 2.37. The highest BCUT2D eigenvalue weighted by Gasteiger charge is 2.27. The van der Waals surface area contributed by atoms with Crippen molar-refractivity contribution in [1.82, 2.24) is 0 Å². The molecule has 21 heavy (non-hydrogen) atoms. The number of carbonyl (C=O) groups excluding carboxylic acids is 1. The molecule has 5 heteroatoms. The number of amides is 2.